The molecule has 1 saturated carbocycles. The summed E-state index contributed by atoms with van der Waals surface area (Å²) in [5.41, 5.74) is 0.841. The van der Waals surface area contributed by atoms with E-state index in [4.69, 9.17) is 4.74 Å². The highest BCUT2D eigenvalue weighted by atomic mass is 32.2. The van der Waals surface area contributed by atoms with Gasteiger partial charge in [-0.1, -0.05) is 12.1 Å². The number of thioether (sulfide) groups is 1. The summed E-state index contributed by atoms with van der Waals surface area (Å²) >= 11 is 1.49. The fourth-order valence-electron chi connectivity index (χ4n) is 3.74. The molecule has 0 radical (unpaired) electrons. The van der Waals surface area contributed by atoms with Gasteiger partial charge in [0.1, 0.15) is 0 Å². The maximum atomic E-state index is 12.7. The predicted molar refractivity (Wildman–Crippen MR) is 88.4 cm³/mol. The molecule has 0 unspecified atom stereocenters. The summed E-state index contributed by atoms with van der Waals surface area (Å²) < 4.78 is 5.76. The number of hydrogen-bond acceptors (Lipinski definition) is 4. The Morgan fingerprint density at radius 2 is 2.22 bits per heavy atom. The Labute approximate surface area is 139 Å². The zero-order chi connectivity index (χ0) is 15.8. The van der Waals surface area contributed by atoms with Crippen LogP contribution in [0.1, 0.15) is 25.7 Å². The van der Waals surface area contributed by atoms with E-state index >= 15 is 0 Å². The fraction of sp³-hybridized carbons (Fsp3) is 0.529. The lowest BCUT2D eigenvalue weighted by Crippen LogP contribution is -2.52. The van der Waals surface area contributed by atoms with Crippen LogP contribution in [0.2, 0.25) is 0 Å². The zero-order valence-electron chi connectivity index (χ0n) is 12.9. The lowest BCUT2D eigenvalue weighted by molar-refractivity contribution is -0.144. The Morgan fingerprint density at radius 1 is 1.35 bits per heavy atom. The van der Waals surface area contributed by atoms with Crippen molar-refractivity contribution >= 4 is 29.3 Å². The molecule has 1 saturated heterocycles. The Bertz CT molecular complexity index is 636. The third kappa shape index (κ3) is 2.85. The van der Waals surface area contributed by atoms with Crippen molar-refractivity contribution in [1.82, 2.24) is 4.90 Å². The average Bonchev–Trinajstić information content (AvgIpc) is 3.04. The summed E-state index contributed by atoms with van der Waals surface area (Å²) in [6.07, 6.45) is 3.63. The minimum Gasteiger partial charge on any atom is -0.374 e. The molecule has 122 valence electrons. The van der Waals surface area contributed by atoms with Crippen molar-refractivity contribution in [2.75, 3.05) is 18.5 Å². The monoisotopic (exact) mass is 332 g/mol. The van der Waals surface area contributed by atoms with Crippen LogP contribution in [-0.4, -0.2) is 47.3 Å². The Balaban J connectivity index is 1.45. The van der Waals surface area contributed by atoms with Gasteiger partial charge in [0, 0.05) is 17.9 Å². The first-order valence-corrected chi connectivity index (χ1v) is 9.08. The maximum Gasteiger partial charge on any atom is 0.238 e. The third-order valence-electron chi connectivity index (χ3n) is 4.87. The van der Waals surface area contributed by atoms with E-state index in [1.54, 1.807) is 0 Å². The molecule has 1 aromatic carbocycles. The van der Waals surface area contributed by atoms with Crippen LogP contribution in [0.3, 0.4) is 0 Å². The second-order valence-corrected chi connectivity index (χ2v) is 7.54. The van der Waals surface area contributed by atoms with Gasteiger partial charge in [0.2, 0.25) is 11.8 Å². The van der Waals surface area contributed by atoms with Crippen LogP contribution in [0.25, 0.3) is 0 Å². The van der Waals surface area contributed by atoms with Gasteiger partial charge >= 0.3 is 0 Å². The Morgan fingerprint density at radius 3 is 3.13 bits per heavy atom. The molecule has 1 aliphatic carbocycles. The largest absolute Gasteiger partial charge is 0.374 e. The minimum absolute atomic E-state index is 0.0710. The molecule has 0 spiro atoms. The van der Waals surface area contributed by atoms with E-state index in [1.807, 2.05) is 29.2 Å². The molecule has 2 aliphatic heterocycles. The SMILES string of the molecule is O=C1Nc2ccccc2S[C@@H]1CC(=O)N1CCO[C@H]2CCC[C@H]21. The first-order chi connectivity index (χ1) is 11.2. The summed E-state index contributed by atoms with van der Waals surface area (Å²) in [5, 5.41) is 2.56. The molecule has 0 bridgehead atoms. The van der Waals surface area contributed by atoms with E-state index in [1.165, 1.54) is 11.8 Å². The zero-order valence-corrected chi connectivity index (χ0v) is 13.7. The Kier molecular flexibility index (Phi) is 4.03. The van der Waals surface area contributed by atoms with Crippen molar-refractivity contribution in [3.05, 3.63) is 24.3 Å². The number of nitrogens with one attached hydrogen (secondary N) is 1. The Hall–Kier alpha value is -1.53. The molecular weight excluding hydrogens is 312 g/mol. The second-order valence-electron chi connectivity index (χ2n) is 6.29. The molecule has 3 aliphatic rings. The number of ether oxygens (including phenoxy) is 1. The number of fused-ring (bicyclic) bond motifs is 2. The van der Waals surface area contributed by atoms with Crippen LogP contribution in [0.15, 0.2) is 29.2 Å². The van der Waals surface area contributed by atoms with E-state index in [0.717, 1.165) is 29.8 Å². The van der Waals surface area contributed by atoms with Gasteiger partial charge in [-0.05, 0) is 31.4 Å². The molecule has 1 N–H and O–H groups in total. The summed E-state index contributed by atoms with van der Waals surface area (Å²) in [5.74, 6) is 0.00973. The van der Waals surface area contributed by atoms with Crippen LogP contribution in [-0.2, 0) is 14.3 Å². The van der Waals surface area contributed by atoms with Gasteiger partial charge in [-0.25, -0.2) is 0 Å². The van der Waals surface area contributed by atoms with Crippen molar-refractivity contribution in [2.45, 2.75) is 48.0 Å². The molecule has 2 fully saturated rings. The van der Waals surface area contributed by atoms with Crippen molar-refractivity contribution < 1.29 is 14.3 Å². The summed E-state index contributed by atoms with van der Waals surface area (Å²) in [6.45, 7) is 1.26. The summed E-state index contributed by atoms with van der Waals surface area (Å²) in [7, 11) is 0. The number of benzene rings is 1. The number of carbonyl (C=O) groups excluding carboxylic acids is 2. The van der Waals surface area contributed by atoms with Crippen molar-refractivity contribution in [2.24, 2.45) is 0 Å². The van der Waals surface area contributed by atoms with Crippen LogP contribution >= 0.6 is 11.8 Å². The second kappa shape index (κ2) is 6.17. The molecule has 5 nitrogen and oxygen atoms in total. The first kappa shape index (κ1) is 15.0. The van der Waals surface area contributed by atoms with E-state index in [0.29, 0.717) is 13.2 Å². The summed E-state index contributed by atoms with van der Waals surface area (Å²) in [4.78, 5) is 28.0. The van der Waals surface area contributed by atoms with E-state index in [2.05, 4.69) is 5.32 Å². The van der Waals surface area contributed by atoms with Gasteiger partial charge in [-0.3, -0.25) is 9.59 Å². The third-order valence-corrected chi connectivity index (χ3v) is 6.14. The van der Waals surface area contributed by atoms with Gasteiger partial charge in [-0.2, -0.15) is 0 Å². The molecule has 2 heterocycles. The van der Waals surface area contributed by atoms with Gasteiger partial charge < -0.3 is 15.0 Å². The molecule has 4 rings (SSSR count). The van der Waals surface area contributed by atoms with Crippen molar-refractivity contribution in [1.29, 1.82) is 0 Å². The number of nitrogens with zero attached hydrogens (tertiary/aromatic N) is 1. The van der Waals surface area contributed by atoms with Gasteiger partial charge in [0.15, 0.2) is 0 Å². The minimum atomic E-state index is -0.347. The first-order valence-electron chi connectivity index (χ1n) is 8.20. The quantitative estimate of drug-likeness (QED) is 0.903. The maximum absolute atomic E-state index is 12.7. The van der Waals surface area contributed by atoms with Gasteiger partial charge in [0.25, 0.3) is 0 Å². The van der Waals surface area contributed by atoms with Gasteiger partial charge in [0.05, 0.1) is 29.7 Å². The van der Waals surface area contributed by atoms with Crippen molar-refractivity contribution in [3.8, 4) is 0 Å². The standard InChI is InChI=1S/C17H20N2O3S/c20-16(19-8-9-22-13-6-3-5-12(13)19)10-15-17(21)18-11-4-1-2-7-14(11)23-15/h1-2,4,7,12-13,15H,3,5-6,8-10H2,(H,18,21)/t12-,13+,15-/m1/s1. The molecule has 23 heavy (non-hydrogen) atoms. The van der Waals surface area contributed by atoms with E-state index in [-0.39, 0.29) is 35.6 Å². The number of anilines is 1. The molecule has 0 aromatic heterocycles. The molecule has 6 heteroatoms. The van der Waals surface area contributed by atoms with Crippen LogP contribution in [0.5, 0.6) is 0 Å². The normalized spacial score (nSPS) is 29.7. The number of carbonyl (C=O) groups is 2. The number of para-hydroxylation sites is 1. The number of hydrogen-bond donors (Lipinski definition) is 1. The topological polar surface area (TPSA) is 58.6 Å². The average molecular weight is 332 g/mol. The van der Waals surface area contributed by atoms with E-state index < -0.39 is 0 Å². The highest BCUT2D eigenvalue weighted by Gasteiger charge is 2.39. The highest BCUT2D eigenvalue weighted by molar-refractivity contribution is 8.01. The molecule has 1 aromatic rings. The molecular formula is C17H20N2O3S. The number of rotatable bonds is 2. The highest BCUT2D eigenvalue weighted by Crippen LogP contribution is 2.37. The van der Waals surface area contributed by atoms with Crippen LogP contribution in [0, 0.1) is 0 Å². The fourth-order valence-corrected chi connectivity index (χ4v) is 4.84. The number of amides is 2. The van der Waals surface area contributed by atoms with Gasteiger partial charge in [-0.15, -0.1) is 11.8 Å². The van der Waals surface area contributed by atoms with E-state index in [9.17, 15) is 9.59 Å². The van der Waals surface area contributed by atoms with Crippen molar-refractivity contribution in [3.63, 3.8) is 0 Å². The lowest BCUT2D eigenvalue weighted by atomic mass is 10.1. The number of morpholine rings is 1. The van der Waals surface area contributed by atoms with Crippen LogP contribution < -0.4 is 5.32 Å². The smallest absolute Gasteiger partial charge is 0.238 e. The lowest BCUT2D eigenvalue weighted by Gasteiger charge is -2.38. The summed E-state index contributed by atoms with van der Waals surface area (Å²) in [6, 6.07) is 7.94. The van der Waals surface area contributed by atoms with Crippen LogP contribution in [0.4, 0.5) is 5.69 Å². The molecule has 2 amide bonds. The predicted octanol–water partition coefficient (Wildman–Crippen LogP) is 2.27. The molecule has 3 atom stereocenters.